The normalized spacial score (nSPS) is 24.1. The molecule has 1 saturated heterocycles. The van der Waals surface area contributed by atoms with Crippen LogP contribution in [0.1, 0.15) is 58.3 Å². The summed E-state index contributed by atoms with van der Waals surface area (Å²) in [4.78, 5) is 6.97. The van der Waals surface area contributed by atoms with E-state index in [4.69, 9.17) is 0 Å². The van der Waals surface area contributed by atoms with Gasteiger partial charge in [-0.3, -0.25) is 4.99 Å². The van der Waals surface area contributed by atoms with Crippen LogP contribution in [0.15, 0.2) is 4.99 Å². The summed E-state index contributed by atoms with van der Waals surface area (Å²) in [6, 6.07) is 0.644. The van der Waals surface area contributed by atoms with Gasteiger partial charge in [-0.05, 0) is 57.5 Å². The third-order valence-electron chi connectivity index (χ3n) is 4.85. The van der Waals surface area contributed by atoms with Crippen LogP contribution in [0.2, 0.25) is 0 Å². The van der Waals surface area contributed by atoms with Crippen LogP contribution in [-0.2, 0) is 0 Å². The van der Waals surface area contributed by atoms with Crippen LogP contribution >= 0.6 is 24.0 Å². The molecule has 2 rings (SSSR count). The van der Waals surface area contributed by atoms with Crippen LogP contribution in [0.25, 0.3) is 0 Å². The third kappa shape index (κ3) is 7.49. The van der Waals surface area contributed by atoms with Crippen molar-refractivity contribution in [3.05, 3.63) is 0 Å². The molecule has 22 heavy (non-hydrogen) atoms. The highest BCUT2D eigenvalue weighted by atomic mass is 127. The van der Waals surface area contributed by atoms with Crippen molar-refractivity contribution in [2.45, 2.75) is 64.3 Å². The van der Waals surface area contributed by atoms with E-state index in [-0.39, 0.29) is 24.0 Å². The molecule has 1 unspecified atom stereocenters. The number of hydrogen-bond acceptors (Lipinski definition) is 2. The first kappa shape index (κ1) is 20.0. The summed E-state index contributed by atoms with van der Waals surface area (Å²) in [5.41, 5.74) is 0. The Morgan fingerprint density at radius 3 is 2.59 bits per heavy atom. The fourth-order valence-electron chi connectivity index (χ4n) is 3.62. The predicted molar refractivity (Wildman–Crippen MR) is 106 cm³/mol. The summed E-state index contributed by atoms with van der Waals surface area (Å²) >= 11 is 0. The molecule has 1 aliphatic carbocycles. The maximum atomic E-state index is 4.33. The maximum Gasteiger partial charge on any atom is 0.191 e. The van der Waals surface area contributed by atoms with Crippen molar-refractivity contribution in [2.24, 2.45) is 10.9 Å². The second kappa shape index (κ2) is 11.5. The van der Waals surface area contributed by atoms with E-state index in [1.807, 2.05) is 7.05 Å². The molecule has 0 aromatic carbocycles. The summed E-state index contributed by atoms with van der Waals surface area (Å²) in [6.07, 6.45) is 10.7. The molecule has 5 heteroatoms. The number of rotatable bonds is 6. The van der Waals surface area contributed by atoms with Gasteiger partial charge in [0, 0.05) is 26.2 Å². The topological polar surface area (TPSA) is 39.7 Å². The van der Waals surface area contributed by atoms with Gasteiger partial charge in [0.25, 0.3) is 0 Å². The highest BCUT2D eigenvalue weighted by Crippen LogP contribution is 2.17. The average molecular weight is 422 g/mol. The van der Waals surface area contributed by atoms with Gasteiger partial charge in [0.05, 0.1) is 0 Å². The number of hydrogen-bond donors (Lipinski definition) is 2. The summed E-state index contributed by atoms with van der Waals surface area (Å²) in [5, 5.41) is 7.00. The first-order chi connectivity index (χ1) is 10.3. The van der Waals surface area contributed by atoms with E-state index >= 15 is 0 Å². The monoisotopic (exact) mass is 422 g/mol. The number of nitrogens with zero attached hydrogens (tertiary/aromatic N) is 2. The maximum absolute atomic E-state index is 4.33. The molecule has 130 valence electrons. The Hall–Kier alpha value is -0.0400. The number of likely N-dealkylation sites (tertiary alicyclic amines) is 1. The summed E-state index contributed by atoms with van der Waals surface area (Å²) < 4.78 is 0. The summed E-state index contributed by atoms with van der Waals surface area (Å²) in [7, 11) is 1.87. The molecule has 2 aliphatic rings. The zero-order valence-electron chi connectivity index (χ0n) is 14.4. The van der Waals surface area contributed by atoms with Crippen LogP contribution in [-0.4, -0.2) is 50.1 Å². The Bertz CT molecular complexity index is 316. The van der Waals surface area contributed by atoms with Gasteiger partial charge in [0.15, 0.2) is 5.96 Å². The van der Waals surface area contributed by atoms with Crippen LogP contribution in [0.4, 0.5) is 0 Å². The second-order valence-electron chi connectivity index (χ2n) is 6.88. The van der Waals surface area contributed by atoms with Crippen molar-refractivity contribution in [1.29, 1.82) is 0 Å². The zero-order chi connectivity index (χ0) is 14.9. The number of aliphatic imine (C=N–C) groups is 1. The van der Waals surface area contributed by atoms with Gasteiger partial charge >= 0.3 is 0 Å². The molecular weight excluding hydrogens is 387 g/mol. The van der Waals surface area contributed by atoms with E-state index < -0.39 is 0 Å². The largest absolute Gasteiger partial charge is 0.356 e. The van der Waals surface area contributed by atoms with Gasteiger partial charge in [0.2, 0.25) is 0 Å². The zero-order valence-corrected chi connectivity index (χ0v) is 16.8. The molecule has 0 bridgehead atoms. The number of halogens is 1. The molecule has 0 amide bonds. The first-order valence-corrected chi connectivity index (χ1v) is 8.97. The molecule has 1 heterocycles. The minimum atomic E-state index is 0. The Labute approximate surface area is 153 Å². The summed E-state index contributed by atoms with van der Waals surface area (Å²) in [5.74, 6) is 1.89. The highest BCUT2D eigenvalue weighted by molar-refractivity contribution is 14.0. The number of guanidine groups is 1. The van der Waals surface area contributed by atoms with Gasteiger partial charge in [-0.25, -0.2) is 0 Å². The van der Waals surface area contributed by atoms with E-state index in [9.17, 15) is 0 Å². The number of nitrogens with one attached hydrogen (secondary N) is 2. The predicted octanol–water partition coefficient (Wildman–Crippen LogP) is 3.22. The van der Waals surface area contributed by atoms with Crippen LogP contribution in [0, 0.1) is 5.92 Å². The summed E-state index contributed by atoms with van der Waals surface area (Å²) in [6.45, 7) is 7.30. The Morgan fingerprint density at radius 2 is 1.91 bits per heavy atom. The van der Waals surface area contributed by atoms with Crippen molar-refractivity contribution in [1.82, 2.24) is 15.5 Å². The fraction of sp³-hybridized carbons (Fsp3) is 0.941. The van der Waals surface area contributed by atoms with E-state index in [1.165, 1.54) is 71.0 Å². The lowest BCUT2D eigenvalue weighted by molar-refractivity contribution is 0.181. The molecule has 0 radical (unpaired) electrons. The molecule has 1 aliphatic heterocycles. The number of unbranched alkanes of at least 4 members (excludes halogenated alkanes) is 1. The quantitative estimate of drug-likeness (QED) is 0.299. The van der Waals surface area contributed by atoms with Crippen molar-refractivity contribution < 1.29 is 0 Å². The Morgan fingerprint density at radius 1 is 1.14 bits per heavy atom. The van der Waals surface area contributed by atoms with Crippen LogP contribution in [0.3, 0.4) is 0 Å². The lowest BCUT2D eigenvalue weighted by Crippen LogP contribution is -2.42. The van der Waals surface area contributed by atoms with Gasteiger partial charge in [-0.15, -0.1) is 24.0 Å². The standard InChI is InChI=1S/C17H34N4.HI/c1-15-8-7-13-21(14-15)12-6-5-11-19-17(18-2)20-16-9-3-4-10-16;/h15-16H,3-14H2,1-2H3,(H2,18,19,20);1H. The minimum absolute atomic E-state index is 0. The van der Waals surface area contributed by atoms with E-state index in [0.29, 0.717) is 6.04 Å². The van der Waals surface area contributed by atoms with Crippen molar-refractivity contribution in [3.8, 4) is 0 Å². The third-order valence-corrected chi connectivity index (χ3v) is 4.85. The highest BCUT2D eigenvalue weighted by Gasteiger charge is 2.16. The minimum Gasteiger partial charge on any atom is -0.356 e. The van der Waals surface area contributed by atoms with E-state index in [2.05, 4.69) is 27.4 Å². The smallest absolute Gasteiger partial charge is 0.191 e. The molecular formula is C17H35IN4. The molecule has 1 saturated carbocycles. The lowest BCUT2D eigenvalue weighted by Gasteiger charge is -2.30. The molecule has 2 fully saturated rings. The Balaban J connectivity index is 0.00000242. The SMILES string of the molecule is CN=C(NCCCCN1CCCC(C)C1)NC1CCCC1.I. The van der Waals surface area contributed by atoms with Crippen molar-refractivity contribution in [2.75, 3.05) is 33.2 Å². The fourth-order valence-corrected chi connectivity index (χ4v) is 3.62. The average Bonchev–Trinajstić information content (AvgIpc) is 2.98. The molecule has 1 atom stereocenters. The molecule has 4 nitrogen and oxygen atoms in total. The van der Waals surface area contributed by atoms with Crippen molar-refractivity contribution in [3.63, 3.8) is 0 Å². The molecule has 0 spiro atoms. The first-order valence-electron chi connectivity index (χ1n) is 8.97. The van der Waals surface area contributed by atoms with Gasteiger partial charge in [0.1, 0.15) is 0 Å². The molecule has 2 N–H and O–H groups in total. The van der Waals surface area contributed by atoms with Crippen LogP contribution in [0.5, 0.6) is 0 Å². The second-order valence-corrected chi connectivity index (χ2v) is 6.88. The van der Waals surface area contributed by atoms with Crippen LogP contribution < -0.4 is 10.6 Å². The van der Waals surface area contributed by atoms with Crippen molar-refractivity contribution >= 4 is 29.9 Å². The molecule has 0 aromatic rings. The van der Waals surface area contributed by atoms with Gasteiger partial charge < -0.3 is 15.5 Å². The number of piperidine rings is 1. The van der Waals surface area contributed by atoms with Gasteiger partial charge in [-0.1, -0.05) is 19.8 Å². The lowest BCUT2D eigenvalue weighted by atomic mass is 10.0. The van der Waals surface area contributed by atoms with Gasteiger partial charge in [-0.2, -0.15) is 0 Å². The van der Waals surface area contributed by atoms with E-state index in [0.717, 1.165) is 18.4 Å². The molecule has 0 aromatic heterocycles. The Kier molecular flexibility index (Phi) is 10.4. The van der Waals surface area contributed by atoms with E-state index in [1.54, 1.807) is 0 Å².